The minimum Gasteiger partial charge on any atom is -0.308 e. The number of hydrogen-bond acceptors (Lipinski definition) is 8. The Morgan fingerprint density at radius 1 is 0.484 bits per heavy atom. The van der Waals surface area contributed by atoms with Gasteiger partial charge in [0, 0.05) is 57.5 Å². The normalized spacial score (nSPS) is 11.1. The number of hydrogen-bond donors (Lipinski definition) is 4. The number of aromatic nitrogens is 2. The highest BCUT2D eigenvalue weighted by molar-refractivity contribution is 6.04. The van der Waals surface area contributed by atoms with Crippen molar-refractivity contribution in [3.8, 4) is 23.7 Å². The van der Waals surface area contributed by atoms with Crippen LogP contribution >= 0.6 is 0 Å². The number of benzene rings is 5. The standard InChI is InChI=1S/C50H42N8O6/c1-49(2,3)35-13-27-43(55-47(59)53-39-19-23-41(24-20-39)57(61)62)33(29-35)11-17-37-15-9-31-7-8-32-10-16-38(52-46(32)45(31)51-37)18-12-34-30-36(50(4,5)6)14-28-44(34)56-48(60)54-40-21-25-42(26-22-40)58(63)64/h7-10,13-16,19-30H,1-6H3,(H2,53,55,59)(H2,54,56,60). The van der Waals surface area contributed by atoms with Crippen LogP contribution in [-0.4, -0.2) is 31.9 Å². The lowest BCUT2D eigenvalue weighted by molar-refractivity contribution is -0.385. The quantitative estimate of drug-likeness (QED) is 0.0549. The number of anilines is 4. The van der Waals surface area contributed by atoms with Gasteiger partial charge in [0.05, 0.1) is 32.3 Å². The minimum atomic E-state index is -0.541. The Balaban J connectivity index is 1.18. The topological polar surface area (TPSA) is 194 Å². The molecular formula is C50H42N8O6. The molecule has 0 atom stereocenters. The third kappa shape index (κ3) is 10.5. The first-order valence-corrected chi connectivity index (χ1v) is 20.1. The van der Waals surface area contributed by atoms with Crippen LogP contribution in [0.5, 0.6) is 0 Å². The molecule has 7 aromatic rings. The summed E-state index contributed by atoms with van der Waals surface area (Å²) in [5.74, 6) is 12.8. The van der Waals surface area contributed by atoms with E-state index >= 15 is 0 Å². The zero-order valence-corrected chi connectivity index (χ0v) is 35.8. The lowest BCUT2D eigenvalue weighted by Gasteiger charge is -2.20. The van der Waals surface area contributed by atoms with E-state index < -0.39 is 21.9 Å². The highest BCUT2D eigenvalue weighted by atomic mass is 16.6. The summed E-state index contributed by atoms with van der Waals surface area (Å²) in [6, 6.07) is 32.7. The first kappa shape index (κ1) is 43.5. The van der Waals surface area contributed by atoms with Crippen molar-refractivity contribution in [2.24, 2.45) is 0 Å². The number of nitro groups is 2. The Kier molecular flexibility index (Phi) is 12.1. The maximum absolute atomic E-state index is 13.1. The molecule has 4 N–H and O–H groups in total. The fraction of sp³-hybridized carbons (Fsp3) is 0.160. The smallest absolute Gasteiger partial charge is 0.308 e. The second-order valence-corrected chi connectivity index (χ2v) is 16.9. The van der Waals surface area contributed by atoms with Gasteiger partial charge in [-0.3, -0.25) is 20.2 Å². The van der Waals surface area contributed by atoms with Crippen LogP contribution in [0.25, 0.3) is 21.8 Å². The molecule has 0 saturated carbocycles. The van der Waals surface area contributed by atoms with Gasteiger partial charge in [0.1, 0.15) is 11.4 Å². The van der Waals surface area contributed by atoms with E-state index in [4.69, 9.17) is 9.97 Å². The molecule has 0 aliphatic heterocycles. The molecule has 7 rings (SSSR count). The van der Waals surface area contributed by atoms with E-state index in [0.717, 1.165) is 21.9 Å². The first-order chi connectivity index (χ1) is 30.4. The van der Waals surface area contributed by atoms with Gasteiger partial charge in [-0.25, -0.2) is 19.6 Å². The number of urea groups is 2. The van der Waals surface area contributed by atoms with Crippen molar-refractivity contribution in [1.82, 2.24) is 9.97 Å². The summed E-state index contributed by atoms with van der Waals surface area (Å²) in [5.41, 5.74) is 6.45. The molecule has 4 amide bonds. The molecule has 14 nitrogen and oxygen atoms in total. The molecule has 5 aromatic carbocycles. The van der Waals surface area contributed by atoms with Gasteiger partial charge in [-0.2, -0.15) is 0 Å². The number of carbonyl (C=O) groups excluding carboxylic acids is 2. The van der Waals surface area contributed by atoms with Crippen molar-refractivity contribution in [3.63, 3.8) is 0 Å². The van der Waals surface area contributed by atoms with E-state index in [2.05, 4.69) is 86.5 Å². The summed E-state index contributed by atoms with van der Waals surface area (Å²) < 4.78 is 0. The molecule has 0 radical (unpaired) electrons. The van der Waals surface area contributed by atoms with Gasteiger partial charge in [-0.05, 0) is 107 Å². The van der Waals surface area contributed by atoms with E-state index in [1.54, 1.807) is 12.1 Å². The maximum Gasteiger partial charge on any atom is 0.323 e. The van der Waals surface area contributed by atoms with Gasteiger partial charge in [-0.1, -0.05) is 77.6 Å². The van der Waals surface area contributed by atoms with E-state index in [1.807, 2.05) is 60.7 Å². The second-order valence-electron chi connectivity index (χ2n) is 16.9. The van der Waals surface area contributed by atoms with Crippen molar-refractivity contribution in [2.75, 3.05) is 21.3 Å². The number of nitro benzene ring substituents is 2. The molecule has 64 heavy (non-hydrogen) atoms. The monoisotopic (exact) mass is 850 g/mol. The van der Waals surface area contributed by atoms with Gasteiger partial charge in [-0.15, -0.1) is 0 Å². The lowest BCUT2D eigenvalue weighted by Crippen LogP contribution is -2.20. The van der Waals surface area contributed by atoms with Crippen LogP contribution in [0.15, 0.2) is 121 Å². The first-order valence-electron chi connectivity index (χ1n) is 20.1. The molecule has 0 fully saturated rings. The molecule has 0 bridgehead atoms. The largest absolute Gasteiger partial charge is 0.323 e. The van der Waals surface area contributed by atoms with Crippen LogP contribution in [0, 0.1) is 43.9 Å². The van der Waals surface area contributed by atoms with Crippen LogP contribution < -0.4 is 21.3 Å². The predicted molar refractivity (Wildman–Crippen MR) is 251 cm³/mol. The van der Waals surface area contributed by atoms with Crippen molar-refractivity contribution < 1.29 is 19.4 Å². The van der Waals surface area contributed by atoms with Crippen LogP contribution in [0.2, 0.25) is 0 Å². The molecule has 2 aromatic heterocycles. The number of pyridine rings is 2. The van der Waals surface area contributed by atoms with Crippen molar-refractivity contribution in [3.05, 3.63) is 175 Å². The van der Waals surface area contributed by atoms with Crippen LogP contribution in [-0.2, 0) is 10.8 Å². The van der Waals surface area contributed by atoms with Crippen molar-refractivity contribution in [2.45, 2.75) is 52.4 Å². The maximum atomic E-state index is 13.1. The molecule has 0 spiro atoms. The van der Waals surface area contributed by atoms with E-state index in [9.17, 15) is 29.8 Å². The summed E-state index contributed by atoms with van der Waals surface area (Å²) >= 11 is 0. The number of amides is 4. The third-order valence-corrected chi connectivity index (χ3v) is 10.1. The van der Waals surface area contributed by atoms with Gasteiger partial charge < -0.3 is 21.3 Å². The zero-order valence-electron chi connectivity index (χ0n) is 35.8. The fourth-order valence-corrected chi connectivity index (χ4v) is 6.52. The van der Waals surface area contributed by atoms with Gasteiger partial charge >= 0.3 is 12.1 Å². The van der Waals surface area contributed by atoms with E-state index in [0.29, 0.717) is 56.3 Å². The molecule has 0 unspecified atom stereocenters. The SMILES string of the molecule is CC(C)(C)c1ccc(NC(=O)Nc2ccc([N+](=O)[O-])cc2)c(C#Cc2ccc3ccc4ccc(C#Cc5cc(C(C)(C)C)ccc5NC(=O)Nc5ccc([N+](=O)[O-])cc5)nc4c3n2)c1. The van der Waals surface area contributed by atoms with Gasteiger partial charge in [0.25, 0.3) is 11.4 Å². The van der Waals surface area contributed by atoms with Gasteiger partial charge in [0.2, 0.25) is 0 Å². The Labute approximate surface area is 368 Å². The number of nitrogens with zero attached hydrogens (tertiary/aromatic N) is 4. The summed E-state index contributed by atoms with van der Waals surface area (Å²) in [6.45, 7) is 12.5. The predicted octanol–water partition coefficient (Wildman–Crippen LogP) is 11.3. The molecular weight excluding hydrogens is 809 g/mol. The molecule has 0 aliphatic carbocycles. The van der Waals surface area contributed by atoms with Crippen LogP contribution in [0.4, 0.5) is 43.7 Å². The lowest BCUT2D eigenvalue weighted by atomic mass is 9.86. The van der Waals surface area contributed by atoms with Crippen LogP contribution in [0.3, 0.4) is 0 Å². The molecule has 2 heterocycles. The minimum absolute atomic E-state index is 0.0867. The Morgan fingerprint density at radius 2 is 0.844 bits per heavy atom. The van der Waals surface area contributed by atoms with Crippen molar-refractivity contribution >= 4 is 68.0 Å². The van der Waals surface area contributed by atoms with Gasteiger partial charge in [0.15, 0.2) is 0 Å². The van der Waals surface area contributed by atoms with E-state index in [-0.39, 0.29) is 22.2 Å². The fourth-order valence-electron chi connectivity index (χ4n) is 6.52. The zero-order chi connectivity index (χ0) is 45.8. The average molecular weight is 851 g/mol. The second kappa shape index (κ2) is 17.8. The number of non-ortho nitro benzene ring substituents is 2. The molecule has 0 saturated heterocycles. The Morgan fingerprint density at radius 3 is 1.19 bits per heavy atom. The third-order valence-electron chi connectivity index (χ3n) is 10.1. The molecule has 318 valence electrons. The summed E-state index contributed by atoms with van der Waals surface area (Å²) in [6.07, 6.45) is 0. The summed E-state index contributed by atoms with van der Waals surface area (Å²) in [4.78, 5) is 57.1. The Bertz CT molecular complexity index is 2920. The number of carbonyl (C=O) groups is 2. The summed E-state index contributed by atoms with van der Waals surface area (Å²) in [7, 11) is 0. The summed E-state index contributed by atoms with van der Waals surface area (Å²) in [5, 5.41) is 34.9. The number of rotatable bonds is 6. The van der Waals surface area contributed by atoms with E-state index in [1.165, 1.54) is 48.5 Å². The highest BCUT2D eigenvalue weighted by Gasteiger charge is 2.18. The molecule has 14 heteroatoms. The average Bonchev–Trinajstić information content (AvgIpc) is 3.25. The molecule has 0 aliphatic rings. The number of fused-ring (bicyclic) bond motifs is 3. The van der Waals surface area contributed by atoms with Crippen molar-refractivity contribution in [1.29, 1.82) is 0 Å². The highest BCUT2D eigenvalue weighted by Crippen LogP contribution is 2.29. The Hall–Kier alpha value is -8.62. The number of nitrogens with one attached hydrogen (secondary N) is 4. The van der Waals surface area contributed by atoms with Crippen LogP contribution in [0.1, 0.15) is 75.2 Å².